The third-order valence-corrected chi connectivity index (χ3v) is 2.77. The van der Waals surface area contributed by atoms with E-state index in [-0.39, 0.29) is 17.8 Å². The van der Waals surface area contributed by atoms with Crippen LogP contribution >= 0.6 is 15.9 Å². The topological polar surface area (TPSA) is 32.3 Å². The van der Waals surface area contributed by atoms with Gasteiger partial charge in [0.15, 0.2) is 0 Å². The average Bonchev–Trinajstić information content (AvgIpc) is 2.16. The summed E-state index contributed by atoms with van der Waals surface area (Å²) in [5.74, 6) is -0.270. The second-order valence-electron chi connectivity index (χ2n) is 4.30. The first kappa shape index (κ1) is 12.5. The number of aliphatic hydroxyl groups is 1. The molecule has 0 aliphatic heterocycles. The summed E-state index contributed by atoms with van der Waals surface area (Å²) in [7, 11) is 0. The van der Waals surface area contributed by atoms with Gasteiger partial charge < -0.3 is 10.4 Å². The first-order chi connectivity index (χ1) is 6.94. The fourth-order valence-electron chi connectivity index (χ4n) is 1.02. The molecule has 0 bridgehead atoms. The Labute approximate surface area is 97.6 Å². The van der Waals surface area contributed by atoms with Gasteiger partial charge in [0.2, 0.25) is 0 Å². The minimum atomic E-state index is -0.270. The Morgan fingerprint density at radius 3 is 2.67 bits per heavy atom. The van der Waals surface area contributed by atoms with Crippen molar-refractivity contribution in [2.24, 2.45) is 5.41 Å². The lowest BCUT2D eigenvalue weighted by Crippen LogP contribution is -2.26. The van der Waals surface area contributed by atoms with Crippen LogP contribution in [0.3, 0.4) is 0 Å². The Bertz CT molecular complexity index is 341. The van der Waals surface area contributed by atoms with Crippen LogP contribution in [0.25, 0.3) is 0 Å². The number of halogens is 2. The van der Waals surface area contributed by atoms with Gasteiger partial charge in [-0.1, -0.05) is 13.8 Å². The number of hydrogen-bond acceptors (Lipinski definition) is 2. The standard InChI is InChI=1S/C11H15BrFNO/c1-11(2,7-15)6-14-10-4-3-8(13)5-9(10)12/h3-5,14-15H,6-7H2,1-2H3. The van der Waals surface area contributed by atoms with E-state index in [4.69, 9.17) is 5.11 Å². The van der Waals surface area contributed by atoms with Crippen molar-refractivity contribution in [3.8, 4) is 0 Å². The largest absolute Gasteiger partial charge is 0.396 e. The van der Waals surface area contributed by atoms with Crippen LogP contribution < -0.4 is 5.32 Å². The zero-order valence-corrected chi connectivity index (χ0v) is 10.4. The van der Waals surface area contributed by atoms with Crippen LogP contribution in [0, 0.1) is 11.2 Å². The van der Waals surface area contributed by atoms with Crippen LogP contribution in [0.1, 0.15) is 13.8 Å². The van der Waals surface area contributed by atoms with Gasteiger partial charge in [-0.15, -0.1) is 0 Å². The maximum atomic E-state index is 12.8. The molecular formula is C11H15BrFNO. The summed E-state index contributed by atoms with van der Waals surface area (Å²) in [6.45, 7) is 4.65. The lowest BCUT2D eigenvalue weighted by atomic mass is 9.95. The Kier molecular flexibility index (Phi) is 4.11. The van der Waals surface area contributed by atoms with Gasteiger partial charge in [-0.25, -0.2) is 4.39 Å². The van der Waals surface area contributed by atoms with Gasteiger partial charge in [-0.3, -0.25) is 0 Å². The van der Waals surface area contributed by atoms with Gasteiger partial charge >= 0.3 is 0 Å². The Hall–Kier alpha value is -0.610. The van der Waals surface area contributed by atoms with Crippen LogP contribution in [-0.2, 0) is 0 Å². The van der Waals surface area contributed by atoms with Gasteiger partial charge in [0.1, 0.15) is 5.82 Å². The predicted octanol–water partition coefficient (Wildman–Crippen LogP) is 3.02. The molecule has 0 unspecified atom stereocenters. The van der Waals surface area contributed by atoms with E-state index >= 15 is 0 Å². The maximum Gasteiger partial charge on any atom is 0.124 e. The number of nitrogens with one attached hydrogen (secondary N) is 1. The van der Waals surface area contributed by atoms with Crippen LogP contribution in [0.15, 0.2) is 22.7 Å². The third kappa shape index (κ3) is 3.80. The van der Waals surface area contributed by atoms with E-state index in [0.29, 0.717) is 11.0 Å². The molecule has 1 aromatic carbocycles. The molecule has 0 radical (unpaired) electrons. The second-order valence-corrected chi connectivity index (χ2v) is 5.15. The second kappa shape index (κ2) is 4.94. The number of hydrogen-bond donors (Lipinski definition) is 2. The summed E-state index contributed by atoms with van der Waals surface area (Å²) in [5.41, 5.74) is 0.645. The van der Waals surface area contributed by atoms with Crippen molar-refractivity contribution >= 4 is 21.6 Å². The van der Waals surface area contributed by atoms with Crippen molar-refractivity contribution in [3.05, 3.63) is 28.5 Å². The molecule has 0 heterocycles. The van der Waals surface area contributed by atoms with Crippen molar-refractivity contribution < 1.29 is 9.50 Å². The van der Waals surface area contributed by atoms with Gasteiger partial charge in [0, 0.05) is 28.7 Å². The van der Waals surface area contributed by atoms with Gasteiger partial charge in [-0.2, -0.15) is 0 Å². The van der Waals surface area contributed by atoms with E-state index in [1.807, 2.05) is 13.8 Å². The number of anilines is 1. The molecule has 0 amide bonds. The molecule has 0 saturated heterocycles. The minimum absolute atomic E-state index is 0.110. The lowest BCUT2D eigenvalue weighted by Gasteiger charge is -2.23. The van der Waals surface area contributed by atoms with Crippen molar-refractivity contribution in [1.82, 2.24) is 0 Å². The summed E-state index contributed by atoms with van der Waals surface area (Å²) in [6, 6.07) is 4.49. The van der Waals surface area contributed by atoms with Crippen molar-refractivity contribution in [2.45, 2.75) is 13.8 Å². The van der Waals surface area contributed by atoms with Crippen molar-refractivity contribution in [2.75, 3.05) is 18.5 Å². The first-order valence-electron chi connectivity index (χ1n) is 4.74. The summed E-state index contributed by atoms with van der Waals surface area (Å²) in [5, 5.41) is 12.2. The molecule has 15 heavy (non-hydrogen) atoms. The molecule has 0 spiro atoms. The number of rotatable bonds is 4. The van der Waals surface area contributed by atoms with E-state index in [1.165, 1.54) is 12.1 Å². The fourth-order valence-corrected chi connectivity index (χ4v) is 1.51. The van der Waals surface area contributed by atoms with Crippen LogP contribution in [0.4, 0.5) is 10.1 Å². The smallest absolute Gasteiger partial charge is 0.124 e. The van der Waals surface area contributed by atoms with E-state index in [2.05, 4.69) is 21.2 Å². The molecule has 0 fully saturated rings. The highest BCUT2D eigenvalue weighted by Gasteiger charge is 2.16. The van der Waals surface area contributed by atoms with E-state index in [0.717, 1.165) is 5.69 Å². The quantitative estimate of drug-likeness (QED) is 0.886. The molecule has 0 aromatic heterocycles. The first-order valence-corrected chi connectivity index (χ1v) is 5.54. The Morgan fingerprint density at radius 2 is 2.13 bits per heavy atom. The minimum Gasteiger partial charge on any atom is -0.396 e. The highest BCUT2D eigenvalue weighted by molar-refractivity contribution is 9.10. The van der Waals surface area contributed by atoms with E-state index < -0.39 is 0 Å². The highest BCUT2D eigenvalue weighted by Crippen LogP contribution is 2.24. The number of aliphatic hydroxyl groups excluding tert-OH is 1. The zero-order chi connectivity index (χ0) is 11.5. The van der Waals surface area contributed by atoms with Gasteiger partial charge in [-0.05, 0) is 34.1 Å². The van der Waals surface area contributed by atoms with Crippen molar-refractivity contribution in [1.29, 1.82) is 0 Å². The molecule has 0 aliphatic carbocycles. The van der Waals surface area contributed by atoms with E-state index in [1.54, 1.807) is 6.07 Å². The Morgan fingerprint density at radius 1 is 1.47 bits per heavy atom. The summed E-state index contributed by atoms with van der Waals surface area (Å²) >= 11 is 3.27. The third-order valence-electron chi connectivity index (χ3n) is 2.12. The molecule has 1 aromatic rings. The predicted molar refractivity (Wildman–Crippen MR) is 63.5 cm³/mol. The molecule has 1 rings (SSSR count). The molecule has 4 heteroatoms. The highest BCUT2D eigenvalue weighted by atomic mass is 79.9. The number of benzene rings is 1. The Balaban J connectivity index is 2.66. The summed E-state index contributed by atoms with van der Waals surface area (Å²) in [4.78, 5) is 0. The molecule has 2 nitrogen and oxygen atoms in total. The SMILES string of the molecule is CC(C)(CO)CNc1ccc(F)cc1Br. The van der Waals surface area contributed by atoms with Crippen molar-refractivity contribution in [3.63, 3.8) is 0 Å². The lowest BCUT2D eigenvalue weighted by molar-refractivity contribution is 0.171. The van der Waals surface area contributed by atoms with E-state index in [9.17, 15) is 4.39 Å². The molecular weight excluding hydrogens is 261 g/mol. The van der Waals surface area contributed by atoms with Gasteiger partial charge in [0.05, 0.1) is 0 Å². The molecule has 0 saturated carbocycles. The van der Waals surface area contributed by atoms with Gasteiger partial charge in [0.25, 0.3) is 0 Å². The van der Waals surface area contributed by atoms with Crippen LogP contribution in [-0.4, -0.2) is 18.3 Å². The van der Waals surface area contributed by atoms with Crippen LogP contribution in [0.2, 0.25) is 0 Å². The average molecular weight is 276 g/mol. The zero-order valence-electron chi connectivity index (χ0n) is 8.85. The molecule has 0 aliphatic rings. The van der Waals surface area contributed by atoms with Crippen LogP contribution in [0.5, 0.6) is 0 Å². The molecule has 84 valence electrons. The summed E-state index contributed by atoms with van der Waals surface area (Å²) < 4.78 is 13.5. The maximum absolute atomic E-state index is 12.8. The normalized spacial score (nSPS) is 11.5. The molecule has 2 N–H and O–H groups in total. The summed E-state index contributed by atoms with van der Waals surface area (Å²) in [6.07, 6.45) is 0. The monoisotopic (exact) mass is 275 g/mol. The molecule has 0 atom stereocenters. The fraction of sp³-hybridized carbons (Fsp3) is 0.455.